The van der Waals surface area contributed by atoms with Crippen LogP contribution in [-0.4, -0.2) is 52.9 Å². The Hall–Kier alpha value is -1.56. The molecule has 6 heteroatoms. The average Bonchev–Trinajstić information content (AvgIpc) is 2.61. The van der Waals surface area contributed by atoms with Crippen molar-refractivity contribution in [2.24, 2.45) is 7.05 Å². The van der Waals surface area contributed by atoms with E-state index in [4.69, 9.17) is 4.74 Å². The molecule has 0 unspecified atom stereocenters. The lowest BCUT2D eigenvalue weighted by molar-refractivity contribution is -0.134. The lowest BCUT2D eigenvalue weighted by Gasteiger charge is -2.31. The minimum absolute atomic E-state index is 0.0380. The number of hydrogen-bond donors (Lipinski definition) is 1. The molecule has 2 rings (SSSR count). The highest BCUT2D eigenvalue weighted by Gasteiger charge is 2.21. The van der Waals surface area contributed by atoms with Crippen molar-refractivity contribution in [3.05, 3.63) is 11.4 Å². The van der Waals surface area contributed by atoms with Gasteiger partial charge in [0.15, 0.2) is 12.4 Å². The average molecular weight is 266 g/mol. The van der Waals surface area contributed by atoms with Gasteiger partial charge in [0.2, 0.25) is 0 Å². The number of carbonyl (C=O) groups excluding carboxylic acids is 1. The number of aryl methyl sites for hydroxylation is 2. The summed E-state index contributed by atoms with van der Waals surface area (Å²) in [5.41, 5.74) is 1.76. The van der Waals surface area contributed by atoms with E-state index in [0.717, 1.165) is 36.8 Å². The number of piperazine rings is 1. The van der Waals surface area contributed by atoms with Gasteiger partial charge >= 0.3 is 0 Å². The van der Waals surface area contributed by atoms with Gasteiger partial charge in [-0.15, -0.1) is 0 Å². The van der Waals surface area contributed by atoms with Gasteiger partial charge in [0, 0.05) is 32.7 Å². The SMILES string of the molecule is Cc1nn(C)c(C)c1OCC(=O)N1CCN[C@H](C)C1. The standard InChI is InChI=1S/C13H22N4O2/c1-9-7-17(6-5-14-9)12(18)8-19-13-10(2)15-16(4)11(13)3/h9,14H,5-8H2,1-4H3/t9-/m1/s1. The van der Waals surface area contributed by atoms with Crippen molar-refractivity contribution in [3.63, 3.8) is 0 Å². The smallest absolute Gasteiger partial charge is 0.260 e. The summed E-state index contributed by atoms with van der Waals surface area (Å²) >= 11 is 0. The fraction of sp³-hybridized carbons (Fsp3) is 0.692. The van der Waals surface area contributed by atoms with E-state index in [-0.39, 0.29) is 12.5 Å². The van der Waals surface area contributed by atoms with Gasteiger partial charge < -0.3 is 15.0 Å². The van der Waals surface area contributed by atoms with E-state index in [1.165, 1.54) is 0 Å². The predicted molar refractivity (Wildman–Crippen MR) is 72.2 cm³/mol. The zero-order valence-corrected chi connectivity index (χ0v) is 12.1. The Balaban J connectivity index is 1.93. The minimum atomic E-state index is 0.0380. The lowest BCUT2D eigenvalue weighted by Crippen LogP contribution is -2.52. The van der Waals surface area contributed by atoms with Crippen molar-refractivity contribution in [2.75, 3.05) is 26.2 Å². The zero-order valence-electron chi connectivity index (χ0n) is 12.1. The summed E-state index contributed by atoms with van der Waals surface area (Å²) in [6.45, 7) is 8.32. The maximum Gasteiger partial charge on any atom is 0.260 e. The Labute approximate surface area is 113 Å². The van der Waals surface area contributed by atoms with Crippen molar-refractivity contribution in [2.45, 2.75) is 26.8 Å². The van der Waals surface area contributed by atoms with Crippen LogP contribution in [0, 0.1) is 13.8 Å². The van der Waals surface area contributed by atoms with Crippen LogP contribution in [0.3, 0.4) is 0 Å². The number of carbonyl (C=O) groups is 1. The highest BCUT2D eigenvalue weighted by molar-refractivity contribution is 5.78. The first-order chi connectivity index (χ1) is 8.99. The number of nitrogens with one attached hydrogen (secondary N) is 1. The van der Waals surface area contributed by atoms with Gasteiger partial charge in [0.25, 0.3) is 5.91 Å². The molecule has 0 spiro atoms. The van der Waals surface area contributed by atoms with E-state index >= 15 is 0 Å². The van der Waals surface area contributed by atoms with E-state index in [2.05, 4.69) is 17.3 Å². The van der Waals surface area contributed by atoms with Crippen LogP contribution in [0.15, 0.2) is 0 Å². The summed E-state index contributed by atoms with van der Waals surface area (Å²) in [5, 5.41) is 7.58. The topological polar surface area (TPSA) is 59.4 Å². The highest BCUT2D eigenvalue weighted by Crippen LogP contribution is 2.21. The summed E-state index contributed by atoms with van der Waals surface area (Å²) in [6.07, 6.45) is 0. The predicted octanol–water partition coefficient (Wildman–Crippen LogP) is 0.236. The van der Waals surface area contributed by atoms with Crippen molar-refractivity contribution in [1.29, 1.82) is 0 Å². The molecule has 19 heavy (non-hydrogen) atoms. The van der Waals surface area contributed by atoms with Gasteiger partial charge in [-0.25, -0.2) is 0 Å². The van der Waals surface area contributed by atoms with Gasteiger partial charge in [-0.1, -0.05) is 0 Å². The molecule has 1 aliphatic rings. The third kappa shape index (κ3) is 3.07. The molecule has 1 aliphatic heterocycles. The third-order valence-corrected chi connectivity index (χ3v) is 3.50. The van der Waals surface area contributed by atoms with Crippen LogP contribution in [0.2, 0.25) is 0 Å². The van der Waals surface area contributed by atoms with Crippen molar-refractivity contribution in [1.82, 2.24) is 20.0 Å². The summed E-state index contributed by atoms with van der Waals surface area (Å²) in [7, 11) is 1.87. The number of aromatic nitrogens is 2. The van der Waals surface area contributed by atoms with Gasteiger partial charge in [0.05, 0.1) is 5.69 Å². The fourth-order valence-corrected chi connectivity index (χ4v) is 2.35. The first kappa shape index (κ1) is 13.9. The van der Waals surface area contributed by atoms with E-state index in [1.54, 1.807) is 4.68 Å². The van der Waals surface area contributed by atoms with Crippen LogP contribution >= 0.6 is 0 Å². The van der Waals surface area contributed by atoms with Gasteiger partial charge in [-0.2, -0.15) is 5.10 Å². The number of hydrogen-bond acceptors (Lipinski definition) is 4. The first-order valence-electron chi connectivity index (χ1n) is 6.63. The Bertz CT molecular complexity index is 469. The Kier molecular flexibility index (Phi) is 4.09. The second-order valence-corrected chi connectivity index (χ2v) is 5.11. The van der Waals surface area contributed by atoms with Crippen LogP contribution < -0.4 is 10.1 Å². The Morgan fingerprint density at radius 2 is 2.26 bits per heavy atom. The van der Waals surface area contributed by atoms with E-state index < -0.39 is 0 Å². The summed E-state index contributed by atoms with van der Waals surface area (Å²) in [4.78, 5) is 13.9. The molecular weight excluding hydrogens is 244 g/mol. The second kappa shape index (κ2) is 5.61. The molecule has 1 N–H and O–H groups in total. The maximum atomic E-state index is 12.1. The van der Waals surface area contributed by atoms with Gasteiger partial charge in [0.1, 0.15) is 5.69 Å². The molecule has 0 radical (unpaired) electrons. The molecule has 106 valence electrons. The van der Waals surface area contributed by atoms with E-state index in [9.17, 15) is 4.79 Å². The molecule has 1 amide bonds. The van der Waals surface area contributed by atoms with E-state index in [0.29, 0.717) is 6.04 Å². The van der Waals surface area contributed by atoms with Gasteiger partial charge in [-0.3, -0.25) is 9.48 Å². The zero-order chi connectivity index (χ0) is 14.0. The second-order valence-electron chi connectivity index (χ2n) is 5.11. The molecule has 2 heterocycles. The Morgan fingerprint density at radius 1 is 1.53 bits per heavy atom. The number of nitrogens with zero attached hydrogens (tertiary/aromatic N) is 3. The number of rotatable bonds is 3. The monoisotopic (exact) mass is 266 g/mol. The summed E-state index contributed by atoms with van der Waals surface area (Å²) in [5.74, 6) is 0.759. The van der Waals surface area contributed by atoms with Crippen molar-refractivity contribution >= 4 is 5.91 Å². The van der Waals surface area contributed by atoms with Crippen LogP contribution in [0.4, 0.5) is 0 Å². The van der Waals surface area contributed by atoms with Crippen LogP contribution in [0.1, 0.15) is 18.3 Å². The van der Waals surface area contributed by atoms with Crippen molar-refractivity contribution < 1.29 is 9.53 Å². The maximum absolute atomic E-state index is 12.1. The number of amides is 1. The molecule has 1 fully saturated rings. The van der Waals surface area contributed by atoms with E-state index in [1.807, 2.05) is 25.8 Å². The third-order valence-electron chi connectivity index (χ3n) is 3.50. The molecule has 1 aromatic rings. The molecular formula is C13H22N4O2. The fourth-order valence-electron chi connectivity index (χ4n) is 2.35. The lowest BCUT2D eigenvalue weighted by atomic mass is 10.2. The quantitative estimate of drug-likeness (QED) is 0.851. The van der Waals surface area contributed by atoms with Crippen molar-refractivity contribution in [3.8, 4) is 5.75 Å². The molecule has 0 saturated carbocycles. The van der Waals surface area contributed by atoms with Gasteiger partial charge in [-0.05, 0) is 20.8 Å². The van der Waals surface area contributed by atoms with Crippen LogP contribution in [0.5, 0.6) is 5.75 Å². The Morgan fingerprint density at radius 3 is 2.84 bits per heavy atom. The largest absolute Gasteiger partial charge is 0.480 e. The molecule has 1 aromatic heterocycles. The summed E-state index contributed by atoms with van der Waals surface area (Å²) in [6, 6.07) is 0.347. The minimum Gasteiger partial charge on any atom is -0.480 e. The molecule has 1 saturated heterocycles. The molecule has 6 nitrogen and oxygen atoms in total. The molecule has 1 atom stereocenters. The van der Waals surface area contributed by atoms with Crippen LogP contribution in [-0.2, 0) is 11.8 Å². The first-order valence-corrected chi connectivity index (χ1v) is 6.63. The highest BCUT2D eigenvalue weighted by atomic mass is 16.5. The molecule has 0 aromatic carbocycles. The normalized spacial score (nSPS) is 19.6. The van der Waals surface area contributed by atoms with Crippen LogP contribution in [0.25, 0.3) is 0 Å². The number of ether oxygens (including phenoxy) is 1. The molecule has 0 bridgehead atoms. The molecule has 0 aliphatic carbocycles. The summed E-state index contributed by atoms with van der Waals surface area (Å²) < 4.78 is 7.41.